The van der Waals surface area contributed by atoms with Gasteiger partial charge in [-0.15, -0.1) is 0 Å². The molecule has 0 aliphatic carbocycles. The average Bonchev–Trinajstić information content (AvgIpc) is 3.00. The number of carbonyl (C=O) groups excluding carboxylic acids is 1. The number of carbonyl (C=O) groups is 1. The van der Waals surface area contributed by atoms with E-state index in [1.54, 1.807) is 24.7 Å². The number of hydrogen-bond acceptors (Lipinski definition) is 5. The Kier molecular flexibility index (Phi) is 4.76. The fourth-order valence-electron chi connectivity index (χ4n) is 4.40. The van der Waals surface area contributed by atoms with Crippen molar-refractivity contribution in [3.63, 3.8) is 0 Å². The normalized spacial score (nSPS) is 21.5. The van der Waals surface area contributed by atoms with E-state index in [2.05, 4.69) is 29.0 Å². The number of likely N-dealkylation sites (N-methyl/N-ethyl adjacent to an activating group) is 1. The summed E-state index contributed by atoms with van der Waals surface area (Å²) >= 11 is 0. The van der Waals surface area contributed by atoms with Crippen LogP contribution in [0, 0.1) is 0 Å². The van der Waals surface area contributed by atoms with Gasteiger partial charge in [0.1, 0.15) is 5.75 Å². The molecule has 6 nitrogen and oxygen atoms in total. The van der Waals surface area contributed by atoms with Crippen molar-refractivity contribution in [2.75, 3.05) is 32.1 Å². The first-order valence-electron chi connectivity index (χ1n) is 9.27. The van der Waals surface area contributed by atoms with Crippen LogP contribution in [-0.4, -0.2) is 49.3 Å². The lowest BCUT2D eigenvalue weighted by molar-refractivity contribution is 0.0706. The van der Waals surface area contributed by atoms with E-state index in [1.165, 1.54) is 11.3 Å². The summed E-state index contributed by atoms with van der Waals surface area (Å²) in [7, 11) is 3.90. The van der Waals surface area contributed by atoms with Gasteiger partial charge in [-0.25, -0.2) is 5.48 Å². The largest absolute Gasteiger partial charge is 0.497 e. The highest BCUT2D eigenvalue weighted by Gasteiger charge is 2.41. The first-order chi connectivity index (χ1) is 13.1. The summed E-state index contributed by atoms with van der Waals surface area (Å²) in [6.07, 6.45) is 1.13. The zero-order valence-corrected chi connectivity index (χ0v) is 15.7. The van der Waals surface area contributed by atoms with Crippen LogP contribution in [0.1, 0.15) is 33.8 Å². The maximum atomic E-state index is 11.5. The third-order valence-corrected chi connectivity index (χ3v) is 5.79. The standard InChI is InChI=1S/C21H25N3O3/c1-23-10-9-20-18(13-23)17-11-16(27-2)7-8-19(17)24(20)12-14-3-5-15(6-4-14)21(25)22-26/h3-8,11,18,20,26H,9-10,12-13H2,1-2H3,(H,22,25). The van der Waals surface area contributed by atoms with E-state index in [4.69, 9.17) is 9.94 Å². The predicted molar refractivity (Wildman–Crippen MR) is 104 cm³/mol. The van der Waals surface area contributed by atoms with Crippen LogP contribution in [0.25, 0.3) is 0 Å². The van der Waals surface area contributed by atoms with Crippen LogP contribution in [-0.2, 0) is 6.54 Å². The molecule has 0 radical (unpaired) electrons. The van der Waals surface area contributed by atoms with Crippen molar-refractivity contribution in [1.29, 1.82) is 0 Å². The van der Waals surface area contributed by atoms with Crippen molar-refractivity contribution in [2.24, 2.45) is 0 Å². The molecule has 4 rings (SSSR count). The number of hydroxylamine groups is 1. The smallest absolute Gasteiger partial charge is 0.274 e. The van der Waals surface area contributed by atoms with Crippen molar-refractivity contribution in [1.82, 2.24) is 10.4 Å². The summed E-state index contributed by atoms with van der Waals surface area (Å²) in [6.45, 7) is 2.95. The van der Waals surface area contributed by atoms with Gasteiger partial charge >= 0.3 is 0 Å². The molecule has 0 spiro atoms. The van der Waals surface area contributed by atoms with Crippen LogP contribution in [0.2, 0.25) is 0 Å². The molecule has 27 heavy (non-hydrogen) atoms. The van der Waals surface area contributed by atoms with Gasteiger partial charge in [-0.05, 0) is 61.5 Å². The van der Waals surface area contributed by atoms with Crippen LogP contribution < -0.4 is 15.1 Å². The molecular weight excluding hydrogens is 342 g/mol. The van der Waals surface area contributed by atoms with Gasteiger partial charge in [0, 0.05) is 36.3 Å². The number of amides is 1. The van der Waals surface area contributed by atoms with Crippen LogP contribution in [0.4, 0.5) is 5.69 Å². The number of likely N-dealkylation sites (tertiary alicyclic amines) is 1. The molecule has 0 bridgehead atoms. The lowest BCUT2D eigenvalue weighted by atomic mass is 9.89. The van der Waals surface area contributed by atoms with E-state index >= 15 is 0 Å². The van der Waals surface area contributed by atoms with Crippen molar-refractivity contribution in [3.05, 3.63) is 59.2 Å². The molecule has 1 fully saturated rings. The Morgan fingerprint density at radius 3 is 2.74 bits per heavy atom. The van der Waals surface area contributed by atoms with Crippen molar-refractivity contribution < 1.29 is 14.7 Å². The molecular formula is C21H25N3O3. The second-order valence-corrected chi connectivity index (χ2v) is 7.42. The summed E-state index contributed by atoms with van der Waals surface area (Å²) in [6, 6.07) is 14.3. The Hall–Kier alpha value is -2.57. The maximum absolute atomic E-state index is 11.5. The predicted octanol–water partition coefficient (Wildman–Crippen LogP) is 2.62. The van der Waals surface area contributed by atoms with E-state index in [9.17, 15) is 4.79 Å². The highest BCUT2D eigenvalue weighted by atomic mass is 16.5. The minimum atomic E-state index is -0.490. The van der Waals surface area contributed by atoms with Crippen molar-refractivity contribution >= 4 is 11.6 Å². The van der Waals surface area contributed by atoms with Crippen molar-refractivity contribution in [3.8, 4) is 5.75 Å². The summed E-state index contributed by atoms with van der Waals surface area (Å²) in [4.78, 5) is 16.4. The molecule has 2 unspecified atom stereocenters. The third-order valence-electron chi connectivity index (χ3n) is 5.79. The van der Waals surface area contributed by atoms with Gasteiger partial charge in [0.2, 0.25) is 0 Å². The van der Waals surface area contributed by atoms with Gasteiger partial charge in [-0.3, -0.25) is 10.0 Å². The molecule has 142 valence electrons. The first-order valence-corrected chi connectivity index (χ1v) is 9.27. The number of ether oxygens (including phenoxy) is 1. The second kappa shape index (κ2) is 7.21. The van der Waals surface area contributed by atoms with Gasteiger partial charge < -0.3 is 14.5 Å². The molecule has 2 aliphatic heterocycles. The van der Waals surface area contributed by atoms with E-state index in [0.717, 1.165) is 37.4 Å². The Balaban J connectivity index is 1.63. The van der Waals surface area contributed by atoms with E-state index in [1.807, 2.05) is 18.2 Å². The Morgan fingerprint density at radius 2 is 2.04 bits per heavy atom. The summed E-state index contributed by atoms with van der Waals surface area (Å²) in [5, 5.41) is 8.77. The molecule has 6 heteroatoms. The molecule has 2 heterocycles. The molecule has 0 saturated carbocycles. The number of hydrogen-bond donors (Lipinski definition) is 2. The van der Waals surface area contributed by atoms with E-state index in [-0.39, 0.29) is 0 Å². The summed E-state index contributed by atoms with van der Waals surface area (Å²) in [5.74, 6) is 0.894. The number of anilines is 1. The topological polar surface area (TPSA) is 65.0 Å². The number of piperidine rings is 1. The Labute approximate surface area is 159 Å². The van der Waals surface area contributed by atoms with E-state index < -0.39 is 5.91 Å². The summed E-state index contributed by atoms with van der Waals surface area (Å²) < 4.78 is 5.46. The molecule has 1 amide bonds. The quantitative estimate of drug-likeness (QED) is 0.642. The third kappa shape index (κ3) is 3.26. The number of nitrogens with zero attached hydrogens (tertiary/aromatic N) is 2. The lowest BCUT2D eigenvalue weighted by Crippen LogP contribution is -2.44. The highest BCUT2D eigenvalue weighted by molar-refractivity contribution is 5.93. The van der Waals surface area contributed by atoms with Crippen LogP contribution >= 0.6 is 0 Å². The van der Waals surface area contributed by atoms with Crippen molar-refractivity contribution in [2.45, 2.75) is 24.9 Å². The minimum absolute atomic E-state index is 0.449. The fourth-order valence-corrected chi connectivity index (χ4v) is 4.40. The van der Waals surface area contributed by atoms with Gasteiger partial charge in [0.15, 0.2) is 0 Å². The lowest BCUT2D eigenvalue weighted by Gasteiger charge is -2.37. The molecule has 2 atom stereocenters. The molecule has 2 N–H and O–H groups in total. The monoisotopic (exact) mass is 367 g/mol. The number of benzene rings is 2. The van der Waals surface area contributed by atoms with Gasteiger partial charge in [-0.1, -0.05) is 12.1 Å². The Bertz CT molecular complexity index is 837. The molecule has 2 aromatic rings. The SMILES string of the molecule is COc1ccc2c(c1)C1CN(C)CCC1N2Cc1ccc(C(=O)NO)cc1. The van der Waals surface area contributed by atoms with Gasteiger partial charge in [-0.2, -0.15) is 0 Å². The maximum Gasteiger partial charge on any atom is 0.274 e. The zero-order valence-electron chi connectivity index (χ0n) is 15.7. The van der Waals surface area contributed by atoms with Crippen LogP contribution in [0.3, 0.4) is 0 Å². The van der Waals surface area contributed by atoms with Crippen LogP contribution in [0.5, 0.6) is 5.75 Å². The molecule has 1 saturated heterocycles. The second-order valence-electron chi connectivity index (χ2n) is 7.42. The zero-order chi connectivity index (χ0) is 19.0. The molecule has 0 aromatic heterocycles. The minimum Gasteiger partial charge on any atom is -0.497 e. The number of rotatable bonds is 4. The highest BCUT2D eigenvalue weighted by Crippen LogP contribution is 2.46. The van der Waals surface area contributed by atoms with Gasteiger partial charge in [0.25, 0.3) is 5.91 Å². The fraction of sp³-hybridized carbons (Fsp3) is 0.381. The number of fused-ring (bicyclic) bond motifs is 3. The number of methoxy groups -OCH3 is 1. The van der Waals surface area contributed by atoms with Crippen LogP contribution in [0.15, 0.2) is 42.5 Å². The molecule has 2 aromatic carbocycles. The molecule has 2 aliphatic rings. The number of nitrogens with one attached hydrogen (secondary N) is 1. The van der Waals surface area contributed by atoms with E-state index in [0.29, 0.717) is 17.5 Å². The summed E-state index contributed by atoms with van der Waals surface area (Å²) in [5.41, 5.74) is 5.91. The average molecular weight is 367 g/mol. The first kappa shape index (κ1) is 17.8. The Morgan fingerprint density at radius 1 is 1.26 bits per heavy atom. The van der Waals surface area contributed by atoms with Gasteiger partial charge in [0.05, 0.1) is 7.11 Å².